The molecule has 1 aliphatic carbocycles. The molecular weight excluding hydrogens is 311 g/mol. The van der Waals surface area contributed by atoms with E-state index < -0.39 is 0 Å². The van der Waals surface area contributed by atoms with E-state index in [-0.39, 0.29) is 36.3 Å². The van der Waals surface area contributed by atoms with E-state index in [9.17, 15) is 9.18 Å². The molecule has 2 unspecified atom stereocenters. The molecule has 6 heteroatoms. The van der Waals surface area contributed by atoms with Crippen LogP contribution in [-0.2, 0) is 20.7 Å². The number of aromatic nitrogens is 1. The standard InChI is InChI=1S/C18H23FN2O3/c19-13-3-4-14(20-8-13)5-18(22)21-15-6-17(24-9-12-1-2-12)7-16(21)11-23-10-15/h3-4,8,12,15-17H,1-2,5-7,9-11H2. The van der Waals surface area contributed by atoms with Gasteiger partial charge in [-0.3, -0.25) is 9.78 Å². The average molecular weight is 334 g/mol. The Morgan fingerprint density at radius 2 is 2.04 bits per heavy atom. The van der Waals surface area contributed by atoms with Crippen LogP contribution in [0.3, 0.4) is 0 Å². The van der Waals surface area contributed by atoms with Crippen LogP contribution < -0.4 is 0 Å². The summed E-state index contributed by atoms with van der Waals surface area (Å²) in [6, 6.07) is 3.08. The Morgan fingerprint density at radius 1 is 1.29 bits per heavy atom. The molecular formula is C18H23FN2O3. The molecule has 0 spiro atoms. The third kappa shape index (κ3) is 3.59. The number of carbonyl (C=O) groups excluding carboxylic acids is 1. The minimum absolute atomic E-state index is 0.0491. The molecule has 24 heavy (non-hydrogen) atoms. The van der Waals surface area contributed by atoms with Gasteiger partial charge in [0, 0.05) is 12.3 Å². The van der Waals surface area contributed by atoms with Crippen molar-refractivity contribution in [1.29, 1.82) is 0 Å². The maximum Gasteiger partial charge on any atom is 0.229 e. The first-order valence-corrected chi connectivity index (χ1v) is 8.80. The van der Waals surface area contributed by atoms with Gasteiger partial charge in [0.15, 0.2) is 0 Å². The fraction of sp³-hybridized carbons (Fsp3) is 0.667. The van der Waals surface area contributed by atoms with E-state index in [0.717, 1.165) is 31.6 Å². The van der Waals surface area contributed by atoms with Crippen molar-refractivity contribution in [3.8, 4) is 0 Å². The van der Waals surface area contributed by atoms with Crippen LogP contribution in [-0.4, -0.2) is 53.8 Å². The zero-order chi connectivity index (χ0) is 16.5. The van der Waals surface area contributed by atoms with Crippen LogP contribution in [0.15, 0.2) is 18.3 Å². The molecule has 2 saturated heterocycles. The summed E-state index contributed by atoms with van der Waals surface area (Å²) in [6.07, 6.45) is 5.86. The molecule has 130 valence electrons. The molecule has 0 N–H and O–H groups in total. The summed E-state index contributed by atoms with van der Waals surface area (Å²) in [5.74, 6) is 0.420. The van der Waals surface area contributed by atoms with Gasteiger partial charge in [-0.1, -0.05) is 0 Å². The monoisotopic (exact) mass is 334 g/mol. The normalized spacial score (nSPS) is 29.5. The predicted molar refractivity (Wildman–Crippen MR) is 84.8 cm³/mol. The highest BCUT2D eigenvalue weighted by molar-refractivity contribution is 5.79. The lowest BCUT2D eigenvalue weighted by Crippen LogP contribution is -2.60. The second kappa shape index (κ2) is 6.76. The first-order chi connectivity index (χ1) is 11.7. The summed E-state index contributed by atoms with van der Waals surface area (Å²) in [7, 11) is 0. The number of amides is 1. The van der Waals surface area contributed by atoms with Crippen LogP contribution >= 0.6 is 0 Å². The topological polar surface area (TPSA) is 51.7 Å². The van der Waals surface area contributed by atoms with E-state index in [4.69, 9.17) is 9.47 Å². The number of ether oxygens (including phenoxy) is 2. The van der Waals surface area contributed by atoms with Crippen molar-refractivity contribution in [2.75, 3.05) is 19.8 Å². The first-order valence-electron chi connectivity index (χ1n) is 8.80. The fourth-order valence-corrected chi connectivity index (χ4v) is 3.72. The van der Waals surface area contributed by atoms with E-state index in [1.54, 1.807) is 6.07 Å². The molecule has 1 amide bonds. The van der Waals surface area contributed by atoms with Crippen LogP contribution in [0.1, 0.15) is 31.4 Å². The molecule has 3 aliphatic rings. The summed E-state index contributed by atoms with van der Waals surface area (Å²) in [5.41, 5.74) is 0.604. The van der Waals surface area contributed by atoms with Crippen molar-refractivity contribution in [3.63, 3.8) is 0 Å². The van der Waals surface area contributed by atoms with Crippen molar-refractivity contribution < 1.29 is 18.7 Å². The Labute approximate surface area is 141 Å². The predicted octanol–water partition coefficient (Wildman–Crippen LogP) is 1.95. The Kier molecular flexibility index (Phi) is 4.50. The highest BCUT2D eigenvalue weighted by Gasteiger charge is 2.42. The largest absolute Gasteiger partial charge is 0.378 e. The number of carbonyl (C=O) groups is 1. The summed E-state index contributed by atoms with van der Waals surface area (Å²) in [4.78, 5) is 18.7. The molecule has 1 aromatic heterocycles. The van der Waals surface area contributed by atoms with Crippen molar-refractivity contribution in [1.82, 2.24) is 9.88 Å². The summed E-state index contributed by atoms with van der Waals surface area (Å²) in [6.45, 7) is 2.00. The molecule has 0 aromatic carbocycles. The maximum absolute atomic E-state index is 13.0. The number of piperidine rings is 1. The molecule has 5 nitrogen and oxygen atoms in total. The summed E-state index contributed by atoms with van der Waals surface area (Å²) >= 11 is 0. The van der Waals surface area contributed by atoms with E-state index in [1.807, 2.05) is 4.90 Å². The van der Waals surface area contributed by atoms with Crippen LogP contribution in [0.5, 0.6) is 0 Å². The van der Waals surface area contributed by atoms with Crippen LogP contribution in [0, 0.1) is 11.7 Å². The zero-order valence-electron chi connectivity index (χ0n) is 13.7. The molecule has 2 aliphatic heterocycles. The van der Waals surface area contributed by atoms with Gasteiger partial charge < -0.3 is 14.4 Å². The summed E-state index contributed by atoms with van der Waals surface area (Å²) in [5, 5.41) is 0. The van der Waals surface area contributed by atoms with Gasteiger partial charge in [0.05, 0.1) is 44.0 Å². The number of hydrogen-bond acceptors (Lipinski definition) is 4. The van der Waals surface area contributed by atoms with Crippen molar-refractivity contribution in [3.05, 3.63) is 29.8 Å². The average Bonchev–Trinajstić information content (AvgIpc) is 3.38. The summed E-state index contributed by atoms with van der Waals surface area (Å²) < 4.78 is 24.7. The number of fused-ring (bicyclic) bond motifs is 2. The highest BCUT2D eigenvalue weighted by atomic mass is 19.1. The van der Waals surface area contributed by atoms with Crippen LogP contribution in [0.4, 0.5) is 4.39 Å². The number of halogens is 1. The van der Waals surface area contributed by atoms with E-state index >= 15 is 0 Å². The molecule has 4 rings (SSSR count). The first kappa shape index (κ1) is 16.0. The molecule has 2 atom stereocenters. The van der Waals surface area contributed by atoms with E-state index in [1.165, 1.54) is 18.9 Å². The van der Waals surface area contributed by atoms with E-state index in [2.05, 4.69) is 4.98 Å². The minimum Gasteiger partial charge on any atom is -0.378 e. The van der Waals surface area contributed by atoms with Crippen molar-refractivity contribution >= 4 is 5.91 Å². The van der Waals surface area contributed by atoms with Crippen LogP contribution in [0.25, 0.3) is 0 Å². The van der Waals surface area contributed by atoms with Gasteiger partial charge in [0.1, 0.15) is 5.82 Å². The van der Waals surface area contributed by atoms with E-state index in [0.29, 0.717) is 18.9 Å². The second-order valence-corrected chi connectivity index (χ2v) is 7.16. The molecule has 1 aromatic rings. The molecule has 1 saturated carbocycles. The lowest BCUT2D eigenvalue weighted by molar-refractivity contribution is -0.159. The van der Waals surface area contributed by atoms with Gasteiger partial charge in [-0.15, -0.1) is 0 Å². The minimum atomic E-state index is -0.384. The smallest absolute Gasteiger partial charge is 0.229 e. The third-order valence-corrected chi connectivity index (χ3v) is 5.15. The number of hydrogen-bond donors (Lipinski definition) is 0. The number of morpholine rings is 1. The molecule has 3 fully saturated rings. The molecule has 0 radical (unpaired) electrons. The lowest BCUT2D eigenvalue weighted by Gasteiger charge is -2.48. The Bertz CT molecular complexity index is 576. The van der Waals surface area contributed by atoms with Gasteiger partial charge in [-0.25, -0.2) is 4.39 Å². The second-order valence-electron chi connectivity index (χ2n) is 7.16. The Balaban J connectivity index is 1.39. The number of pyridine rings is 1. The molecule has 2 bridgehead atoms. The maximum atomic E-state index is 13.0. The van der Waals surface area contributed by atoms with Gasteiger partial charge in [0.25, 0.3) is 0 Å². The van der Waals surface area contributed by atoms with Gasteiger partial charge >= 0.3 is 0 Å². The Morgan fingerprint density at radius 3 is 2.67 bits per heavy atom. The number of nitrogens with zero attached hydrogens (tertiary/aromatic N) is 2. The SMILES string of the molecule is O=C(Cc1ccc(F)cn1)N1C2COCC1CC(OCC1CC1)C2. The molecule has 3 heterocycles. The van der Waals surface area contributed by atoms with Crippen molar-refractivity contribution in [2.24, 2.45) is 5.92 Å². The van der Waals surface area contributed by atoms with Crippen molar-refractivity contribution in [2.45, 2.75) is 50.3 Å². The third-order valence-electron chi connectivity index (χ3n) is 5.15. The quantitative estimate of drug-likeness (QED) is 0.826. The lowest BCUT2D eigenvalue weighted by atomic mass is 9.91. The highest BCUT2D eigenvalue weighted by Crippen LogP contribution is 2.33. The zero-order valence-corrected chi connectivity index (χ0v) is 13.7. The van der Waals surface area contributed by atoms with Gasteiger partial charge in [-0.05, 0) is 43.7 Å². The van der Waals surface area contributed by atoms with Gasteiger partial charge in [0.2, 0.25) is 5.91 Å². The van der Waals surface area contributed by atoms with Crippen LogP contribution in [0.2, 0.25) is 0 Å². The van der Waals surface area contributed by atoms with Gasteiger partial charge in [-0.2, -0.15) is 0 Å². The Hall–Kier alpha value is -1.53. The fourth-order valence-electron chi connectivity index (χ4n) is 3.72. The number of rotatable bonds is 5.